The van der Waals surface area contributed by atoms with Crippen molar-refractivity contribution in [2.24, 2.45) is 0 Å². The molecule has 0 unspecified atom stereocenters. The van der Waals surface area contributed by atoms with Crippen LogP contribution in [0.4, 0.5) is 11.6 Å². The smallest absolute Gasteiger partial charge is 0.351 e. The molecule has 0 aromatic carbocycles. The first-order valence-electron chi connectivity index (χ1n) is 10.4. The van der Waals surface area contributed by atoms with Crippen LogP contribution in [-0.4, -0.2) is 99.6 Å². The minimum atomic E-state index is -1.50. The molecule has 0 bridgehead atoms. The summed E-state index contributed by atoms with van der Waals surface area (Å²) in [6, 6.07) is 2.75. The van der Waals surface area contributed by atoms with Gasteiger partial charge in [0.1, 0.15) is 48.3 Å². The SMILES string of the molecule is C[C@@]1(n2ccc(N)nc2=O)O[C@H](CO)[C@@H](O)[C@H]1O.Nc1ccn([C@@H]2O[C@H](CO)[C@@H](O)[C@H]2O)c(=O)n1. The molecule has 35 heavy (non-hydrogen) atoms. The molecule has 16 heteroatoms. The summed E-state index contributed by atoms with van der Waals surface area (Å²) >= 11 is 0. The molecule has 0 aliphatic carbocycles. The van der Waals surface area contributed by atoms with E-state index in [0.717, 1.165) is 9.13 Å². The zero-order valence-electron chi connectivity index (χ0n) is 18.5. The molecule has 2 aromatic rings. The Balaban J connectivity index is 0.000000196. The number of aliphatic hydroxyl groups excluding tert-OH is 6. The van der Waals surface area contributed by atoms with Crippen LogP contribution in [0.3, 0.4) is 0 Å². The predicted molar refractivity (Wildman–Crippen MR) is 116 cm³/mol. The van der Waals surface area contributed by atoms with Gasteiger partial charge >= 0.3 is 11.4 Å². The molecule has 4 heterocycles. The molecule has 2 fully saturated rings. The van der Waals surface area contributed by atoms with Crippen LogP contribution >= 0.6 is 0 Å². The highest BCUT2D eigenvalue weighted by Gasteiger charge is 2.52. The molecular weight excluding hydrogens is 472 g/mol. The summed E-state index contributed by atoms with van der Waals surface area (Å²) in [5, 5.41) is 56.8. The maximum Gasteiger partial charge on any atom is 0.351 e. The van der Waals surface area contributed by atoms with E-state index in [4.69, 9.17) is 31.2 Å². The van der Waals surface area contributed by atoms with E-state index in [0.29, 0.717) is 0 Å². The molecule has 4 rings (SSSR count). The van der Waals surface area contributed by atoms with E-state index in [-0.39, 0.29) is 11.6 Å². The van der Waals surface area contributed by atoms with Crippen LogP contribution in [0, 0.1) is 0 Å². The van der Waals surface area contributed by atoms with Crippen LogP contribution < -0.4 is 22.8 Å². The van der Waals surface area contributed by atoms with E-state index in [1.54, 1.807) is 0 Å². The van der Waals surface area contributed by atoms with Gasteiger partial charge < -0.3 is 51.6 Å². The molecule has 2 aromatic heterocycles. The summed E-state index contributed by atoms with van der Waals surface area (Å²) in [7, 11) is 0. The normalized spacial score (nSPS) is 34.4. The fraction of sp³-hybridized carbons (Fsp3) is 0.579. The van der Waals surface area contributed by atoms with Crippen LogP contribution in [-0.2, 0) is 15.2 Å². The number of ether oxygens (including phenoxy) is 2. The molecule has 0 amide bonds. The van der Waals surface area contributed by atoms with Crippen molar-refractivity contribution in [3.05, 3.63) is 45.5 Å². The van der Waals surface area contributed by atoms with Gasteiger partial charge in [-0.3, -0.25) is 9.13 Å². The Morgan fingerprint density at radius 2 is 1.49 bits per heavy atom. The monoisotopic (exact) mass is 500 g/mol. The Morgan fingerprint density at radius 3 is 1.97 bits per heavy atom. The third kappa shape index (κ3) is 5.04. The van der Waals surface area contributed by atoms with Gasteiger partial charge in [0.25, 0.3) is 0 Å². The van der Waals surface area contributed by atoms with E-state index in [1.807, 2.05) is 0 Å². The lowest BCUT2D eigenvalue weighted by atomic mass is 10.0. The highest BCUT2D eigenvalue weighted by Crippen LogP contribution is 2.34. The van der Waals surface area contributed by atoms with Gasteiger partial charge in [0.05, 0.1) is 13.2 Å². The largest absolute Gasteiger partial charge is 0.394 e. The second kappa shape index (κ2) is 10.3. The number of nitrogens with two attached hydrogens (primary N) is 2. The van der Waals surface area contributed by atoms with E-state index >= 15 is 0 Å². The molecule has 0 radical (unpaired) electrons. The van der Waals surface area contributed by atoms with Crippen molar-refractivity contribution in [2.45, 2.75) is 55.5 Å². The lowest BCUT2D eigenvalue weighted by Crippen LogP contribution is -2.48. The maximum absolute atomic E-state index is 11.7. The summed E-state index contributed by atoms with van der Waals surface area (Å²) < 4.78 is 12.6. The third-order valence-electron chi connectivity index (χ3n) is 5.77. The van der Waals surface area contributed by atoms with Gasteiger partial charge in [0.2, 0.25) is 0 Å². The molecule has 0 saturated carbocycles. The summed E-state index contributed by atoms with van der Waals surface area (Å²) in [5.74, 6) is 0.101. The second-order valence-corrected chi connectivity index (χ2v) is 8.11. The molecule has 2 saturated heterocycles. The Morgan fingerprint density at radius 1 is 0.914 bits per heavy atom. The van der Waals surface area contributed by atoms with Gasteiger partial charge in [-0.15, -0.1) is 0 Å². The Bertz CT molecular complexity index is 1140. The zero-order chi connectivity index (χ0) is 26.1. The molecule has 8 atom stereocenters. The predicted octanol–water partition coefficient (Wildman–Crippen LogP) is -4.95. The number of anilines is 2. The van der Waals surface area contributed by atoms with E-state index in [2.05, 4.69) is 9.97 Å². The van der Waals surface area contributed by atoms with E-state index in [1.165, 1.54) is 31.5 Å². The van der Waals surface area contributed by atoms with Crippen molar-refractivity contribution in [2.75, 3.05) is 24.7 Å². The zero-order valence-corrected chi connectivity index (χ0v) is 18.5. The first-order chi connectivity index (χ1) is 16.4. The fourth-order valence-corrected chi connectivity index (χ4v) is 3.79. The number of hydrogen-bond acceptors (Lipinski definition) is 14. The minimum absolute atomic E-state index is 0.0478. The number of nitrogens with zero attached hydrogens (tertiary/aromatic N) is 4. The quantitative estimate of drug-likeness (QED) is 0.195. The van der Waals surface area contributed by atoms with Gasteiger partial charge in [0.15, 0.2) is 12.0 Å². The first kappa shape index (κ1) is 26.6. The van der Waals surface area contributed by atoms with Crippen molar-refractivity contribution in [3.8, 4) is 0 Å². The highest BCUT2D eigenvalue weighted by atomic mass is 16.6. The Hall–Kier alpha value is -2.96. The summed E-state index contributed by atoms with van der Waals surface area (Å²) in [6.07, 6.45) is -5.56. The van der Waals surface area contributed by atoms with Crippen LogP contribution in [0.15, 0.2) is 34.1 Å². The third-order valence-corrected chi connectivity index (χ3v) is 5.77. The van der Waals surface area contributed by atoms with Crippen molar-refractivity contribution >= 4 is 11.6 Å². The number of nitrogen functional groups attached to an aromatic ring is 2. The number of aliphatic hydroxyl groups is 6. The summed E-state index contributed by atoms with van der Waals surface area (Å²) in [6.45, 7) is 0.507. The van der Waals surface area contributed by atoms with E-state index in [9.17, 15) is 30.0 Å². The standard InChI is InChI=1S/C10H15N3O5.C9H13N3O5/c1-10(8(16)7(15)5(4-14)18-10)13-3-2-6(11)12-9(13)17;10-5-1-2-12(9(16)11-5)8-7(15)6(14)4(3-13)17-8/h2-3,5,7-8,14-16H,4H2,1H3,(H2,11,12,17);1-2,4,6-8,13-15H,3H2,(H2,10,11,16)/t5-,7-,8-,10-;4-,6-,7-,8-/m11/s1. The van der Waals surface area contributed by atoms with Gasteiger partial charge in [-0.1, -0.05) is 0 Å². The average Bonchev–Trinajstić information content (AvgIpc) is 3.22. The maximum atomic E-state index is 11.7. The van der Waals surface area contributed by atoms with Crippen molar-refractivity contribution in [1.29, 1.82) is 0 Å². The Labute approximate surface area is 197 Å². The molecule has 194 valence electrons. The van der Waals surface area contributed by atoms with Gasteiger partial charge in [0, 0.05) is 12.4 Å². The van der Waals surface area contributed by atoms with Crippen LogP contribution in [0.25, 0.3) is 0 Å². The summed E-state index contributed by atoms with van der Waals surface area (Å²) in [4.78, 5) is 30.2. The van der Waals surface area contributed by atoms with Crippen LogP contribution in [0.1, 0.15) is 13.2 Å². The average molecular weight is 500 g/mol. The highest BCUT2D eigenvalue weighted by molar-refractivity contribution is 5.24. The minimum Gasteiger partial charge on any atom is -0.394 e. The molecule has 2 aliphatic heterocycles. The second-order valence-electron chi connectivity index (χ2n) is 8.11. The first-order valence-corrected chi connectivity index (χ1v) is 10.4. The number of rotatable bonds is 4. The van der Waals surface area contributed by atoms with Gasteiger partial charge in [-0.25, -0.2) is 9.59 Å². The van der Waals surface area contributed by atoms with E-state index < -0.39 is 73.2 Å². The lowest BCUT2D eigenvalue weighted by Gasteiger charge is -2.29. The van der Waals surface area contributed by atoms with Gasteiger partial charge in [-0.2, -0.15) is 9.97 Å². The number of aromatic nitrogens is 4. The van der Waals surface area contributed by atoms with Gasteiger partial charge in [-0.05, 0) is 19.1 Å². The van der Waals surface area contributed by atoms with Crippen LogP contribution in [0.5, 0.6) is 0 Å². The Kier molecular flexibility index (Phi) is 7.87. The molecule has 10 N–H and O–H groups in total. The van der Waals surface area contributed by atoms with Crippen molar-refractivity contribution in [1.82, 2.24) is 19.1 Å². The van der Waals surface area contributed by atoms with Crippen molar-refractivity contribution in [3.63, 3.8) is 0 Å². The molecular formula is C19H28N6O10. The molecule has 2 aliphatic rings. The van der Waals surface area contributed by atoms with Crippen molar-refractivity contribution < 1.29 is 40.1 Å². The lowest BCUT2D eigenvalue weighted by molar-refractivity contribution is -0.137. The van der Waals surface area contributed by atoms with Crippen LogP contribution in [0.2, 0.25) is 0 Å². The summed E-state index contributed by atoms with van der Waals surface area (Å²) in [5.41, 5.74) is 7.80. The topological polar surface area (TPSA) is 262 Å². The molecule has 0 spiro atoms. The molecule has 16 nitrogen and oxygen atoms in total. The number of hydrogen-bond donors (Lipinski definition) is 8. The fourth-order valence-electron chi connectivity index (χ4n) is 3.79.